The summed E-state index contributed by atoms with van der Waals surface area (Å²) < 4.78 is 5.60. The number of carbonyl (C=O) groups is 1. The van der Waals surface area contributed by atoms with Gasteiger partial charge in [-0.15, -0.1) is 0 Å². The zero-order chi connectivity index (χ0) is 24.1. The molecule has 6 rings (SSSR count). The molecule has 2 aliphatic rings. The number of benzene rings is 1. The molecule has 4 aromatic rings. The second-order valence-corrected chi connectivity index (χ2v) is 9.35. The van der Waals surface area contributed by atoms with Crippen LogP contribution in [0.4, 0.5) is 11.5 Å². The Morgan fingerprint density at radius 2 is 1.83 bits per heavy atom. The van der Waals surface area contributed by atoms with Crippen LogP contribution in [0.3, 0.4) is 0 Å². The number of nitrogen functional groups attached to an aromatic ring is 1. The van der Waals surface area contributed by atoms with Crippen molar-refractivity contribution in [2.45, 2.75) is 52.4 Å². The first-order chi connectivity index (χ1) is 17.0. The number of fused-ring (bicyclic) bond motifs is 3. The van der Waals surface area contributed by atoms with Gasteiger partial charge in [-0.1, -0.05) is 12.1 Å². The molecule has 1 aliphatic heterocycles. The zero-order valence-corrected chi connectivity index (χ0v) is 19.8. The average Bonchev–Trinajstić information content (AvgIpc) is 3.58. The van der Waals surface area contributed by atoms with Gasteiger partial charge in [-0.05, 0) is 56.0 Å². The van der Waals surface area contributed by atoms with Crippen molar-refractivity contribution in [1.82, 2.24) is 19.9 Å². The molecule has 0 atom stereocenters. The van der Waals surface area contributed by atoms with Crippen LogP contribution < -0.4 is 10.6 Å². The number of aromatic nitrogens is 4. The summed E-state index contributed by atoms with van der Waals surface area (Å²) in [6.07, 6.45) is 5.50. The van der Waals surface area contributed by atoms with E-state index in [-0.39, 0.29) is 5.91 Å². The molecule has 1 aromatic carbocycles. The van der Waals surface area contributed by atoms with Gasteiger partial charge in [0, 0.05) is 35.0 Å². The number of hydrogen-bond acceptors (Lipinski definition) is 7. The molecule has 8 nitrogen and oxygen atoms in total. The molecule has 0 spiro atoms. The standard InChI is InChI=1S/C27H26N6O2/c1-15-3-8-24(16(2)31-15)33(27(34)19-10-29-26(30-11-19)18-5-6-18)12-17-4-7-20-21-13-35-14-22(21)25(28)32-23(20)9-17/h3-4,7-11,18H,5-6,12-14H2,1-2H3,(H2,28,32). The quantitative estimate of drug-likeness (QED) is 0.465. The van der Waals surface area contributed by atoms with E-state index < -0.39 is 0 Å². The van der Waals surface area contributed by atoms with E-state index in [9.17, 15) is 4.79 Å². The molecule has 3 aromatic heterocycles. The van der Waals surface area contributed by atoms with Gasteiger partial charge in [-0.25, -0.2) is 15.0 Å². The third-order valence-electron chi connectivity index (χ3n) is 6.73. The van der Waals surface area contributed by atoms with Crippen molar-refractivity contribution >= 4 is 28.3 Å². The summed E-state index contributed by atoms with van der Waals surface area (Å²) in [6, 6.07) is 9.93. The molecular weight excluding hydrogens is 440 g/mol. The highest BCUT2D eigenvalue weighted by Crippen LogP contribution is 2.37. The van der Waals surface area contributed by atoms with Crippen molar-refractivity contribution in [2.24, 2.45) is 0 Å². The molecule has 176 valence electrons. The summed E-state index contributed by atoms with van der Waals surface area (Å²) in [7, 11) is 0. The maximum absolute atomic E-state index is 13.7. The molecule has 0 saturated heterocycles. The van der Waals surface area contributed by atoms with E-state index in [2.05, 4.69) is 19.9 Å². The van der Waals surface area contributed by atoms with Crippen LogP contribution in [-0.4, -0.2) is 25.8 Å². The molecule has 1 saturated carbocycles. The number of ether oxygens (including phenoxy) is 1. The fourth-order valence-corrected chi connectivity index (χ4v) is 4.69. The van der Waals surface area contributed by atoms with Gasteiger partial charge in [-0.2, -0.15) is 0 Å². The number of anilines is 2. The van der Waals surface area contributed by atoms with Gasteiger partial charge in [-0.3, -0.25) is 9.78 Å². The molecule has 0 unspecified atom stereocenters. The van der Waals surface area contributed by atoms with Crippen LogP contribution in [0.2, 0.25) is 0 Å². The van der Waals surface area contributed by atoms with E-state index in [1.807, 2.05) is 44.2 Å². The molecule has 0 bridgehead atoms. The van der Waals surface area contributed by atoms with E-state index in [0.29, 0.717) is 37.1 Å². The van der Waals surface area contributed by atoms with E-state index >= 15 is 0 Å². The summed E-state index contributed by atoms with van der Waals surface area (Å²) in [6.45, 7) is 5.24. The Bertz CT molecular complexity index is 1460. The summed E-state index contributed by atoms with van der Waals surface area (Å²) in [5.41, 5.74) is 12.9. The van der Waals surface area contributed by atoms with Crippen LogP contribution in [0.5, 0.6) is 0 Å². The van der Waals surface area contributed by atoms with Crippen LogP contribution in [0, 0.1) is 13.8 Å². The topological polar surface area (TPSA) is 107 Å². The first-order valence-electron chi connectivity index (χ1n) is 11.8. The number of amides is 1. The smallest absolute Gasteiger partial charge is 0.261 e. The second-order valence-electron chi connectivity index (χ2n) is 9.35. The van der Waals surface area contributed by atoms with Gasteiger partial charge in [0.05, 0.1) is 42.2 Å². The van der Waals surface area contributed by atoms with Crippen molar-refractivity contribution in [3.05, 3.63) is 82.2 Å². The molecule has 2 N–H and O–H groups in total. The third kappa shape index (κ3) is 4.00. The van der Waals surface area contributed by atoms with Crippen molar-refractivity contribution in [2.75, 3.05) is 10.6 Å². The average molecular weight is 467 g/mol. The van der Waals surface area contributed by atoms with Crippen molar-refractivity contribution < 1.29 is 9.53 Å². The number of aryl methyl sites for hydroxylation is 2. The fraction of sp³-hybridized carbons (Fsp3) is 0.296. The Morgan fingerprint density at radius 1 is 1.06 bits per heavy atom. The molecule has 8 heteroatoms. The van der Waals surface area contributed by atoms with E-state index in [0.717, 1.165) is 63.3 Å². The van der Waals surface area contributed by atoms with Gasteiger partial charge in [0.15, 0.2) is 0 Å². The lowest BCUT2D eigenvalue weighted by Crippen LogP contribution is -2.31. The molecule has 4 heterocycles. The third-order valence-corrected chi connectivity index (χ3v) is 6.73. The monoisotopic (exact) mass is 466 g/mol. The van der Waals surface area contributed by atoms with Gasteiger partial charge >= 0.3 is 0 Å². The summed E-state index contributed by atoms with van der Waals surface area (Å²) >= 11 is 0. The van der Waals surface area contributed by atoms with Gasteiger partial charge in [0.2, 0.25) is 0 Å². The summed E-state index contributed by atoms with van der Waals surface area (Å²) in [5, 5.41) is 1.03. The first kappa shape index (κ1) is 21.6. The highest BCUT2D eigenvalue weighted by molar-refractivity contribution is 6.06. The predicted octanol–water partition coefficient (Wildman–Crippen LogP) is 4.37. The van der Waals surface area contributed by atoms with Crippen LogP contribution >= 0.6 is 0 Å². The number of rotatable bonds is 5. The van der Waals surface area contributed by atoms with E-state index in [1.165, 1.54) is 0 Å². The number of carbonyl (C=O) groups excluding carboxylic acids is 1. The maximum Gasteiger partial charge on any atom is 0.261 e. The Hall–Kier alpha value is -3.91. The Labute approximate surface area is 203 Å². The highest BCUT2D eigenvalue weighted by Gasteiger charge is 2.27. The molecular formula is C27H26N6O2. The minimum atomic E-state index is -0.170. The van der Waals surface area contributed by atoms with Crippen molar-refractivity contribution in [3.63, 3.8) is 0 Å². The molecule has 1 amide bonds. The van der Waals surface area contributed by atoms with Gasteiger partial charge in [0.25, 0.3) is 5.91 Å². The number of nitrogens with zero attached hydrogens (tertiary/aromatic N) is 5. The lowest BCUT2D eigenvalue weighted by molar-refractivity contribution is 0.0984. The van der Waals surface area contributed by atoms with Crippen LogP contribution in [0.25, 0.3) is 10.9 Å². The van der Waals surface area contributed by atoms with E-state index in [4.69, 9.17) is 10.5 Å². The molecule has 35 heavy (non-hydrogen) atoms. The number of nitrogens with two attached hydrogens (primary N) is 1. The Morgan fingerprint density at radius 3 is 2.57 bits per heavy atom. The number of hydrogen-bond donors (Lipinski definition) is 1. The predicted molar refractivity (Wildman–Crippen MR) is 133 cm³/mol. The second kappa shape index (κ2) is 8.39. The lowest BCUT2D eigenvalue weighted by atomic mass is 10.0. The molecule has 1 fully saturated rings. The maximum atomic E-state index is 13.7. The lowest BCUT2D eigenvalue weighted by Gasteiger charge is -2.25. The Kier molecular flexibility index (Phi) is 5.18. The van der Waals surface area contributed by atoms with E-state index in [1.54, 1.807) is 17.3 Å². The van der Waals surface area contributed by atoms with Crippen LogP contribution in [0.1, 0.15) is 63.0 Å². The summed E-state index contributed by atoms with van der Waals surface area (Å²) in [5.74, 6) is 1.58. The van der Waals surface area contributed by atoms with Crippen LogP contribution in [-0.2, 0) is 24.5 Å². The first-order valence-corrected chi connectivity index (χ1v) is 11.8. The largest absolute Gasteiger partial charge is 0.383 e. The van der Waals surface area contributed by atoms with Crippen LogP contribution in [0.15, 0.2) is 42.7 Å². The minimum Gasteiger partial charge on any atom is -0.383 e. The van der Waals surface area contributed by atoms with Gasteiger partial charge in [0.1, 0.15) is 11.6 Å². The Balaban J connectivity index is 1.38. The normalized spacial score (nSPS) is 14.8. The molecule has 1 aliphatic carbocycles. The zero-order valence-electron chi connectivity index (χ0n) is 19.8. The van der Waals surface area contributed by atoms with Crippen molar-refractivity contribution in [3.8, 4) is 0 Å². The minimum absolute atomic E-state index is 0.170. The van der Waals surface area contributed by atoms with Crippen molar-refractivity contribution in [1.29, 1.82) is 0 Å². The van der Waals surface area contributed by atoms with Gasteiger partial charge < -0.3 is 15.4 Å². The molecule has 0 radical (unpaired) electrons. The SMILES string of the molecule is Cc1ccc(N(Cc2ccc3c4c(c(N)nc3c2)COC4)C(=O)c2cnc(C3CC3)nc2)c(C)n1. The fourth-order valence-electron chi connectivity index (χ4n) is 4.69. The summed E-state index contributed by atoms with van der Waals surface area (Å²) in [4.78, 5) is 33.6. The highest BCUT2D eigenvalue weighted by atomic mass is 16.5. The number of pyridine rings is 2.